The van der Waals surface area contributed by atoms with Crippen LogP contribution in [0, 0.1) is 5.82 Å². The smallest absolute Gasteiger partial charge is 0.251 e. The Kier molecular flexibility index (Phi) is 14.1. The van der Waals surface area contributed by atoms with Gasteiger partial charge < -0.3 is 10.2 Å². The standard InChI is InChI=1S/C18H29N3O.C11H12FNS/c1-3-4-5-16-6-8-17(9-7-16)18(22)19-10-11-21-14-12-20(2)13-15-21;1-3-14-13-9(2)8-10-4-6-11(12)7-5-10/h6-9H,3-5,10-15H2,1-2H3,(H,19,22);3-7H,1,8H2,2H3/b;13-9+. The molecule has 0 atom stereocenters. The molecule has 1 aliphatic rings. The van der Waals surface area contributed by atoms with Crippen molar-refractivity contribution in [2.45, 2.75) is 39.5 Å². The fourth-order valence-corrected chi connectivity index (χ4v) is 4.08. The number of hydrogen-bond acceptors (Lipinski definition) is 5. The molecule has 0 aliphatic carbocycles. The Morgan fingerprint density at radius 2 is 1.72 bits per heavy atom. The lowest BCUT2D eigenvalue weighted by Crippen LogP contribution is -2.46. The molecule has 7 heteroatoms. The van der Waals surface area contributed by atoms with Gasteiger partial charge in [-0.3, -0.25) is 9.69 Å². The van der Waals surface area contributed by atoms with Crippen molar-refractivity contribution in [1.29, 1.82) is 0 Å². The summed E-state index contributed by atoms with van der Waals surface area (Å²) in [7, 11) is 2.16. The van der Waals surface area contributed by atoms with Gasteiger partial charge in [-0.15, -0.1) is 0 Å². The number of hydrogen-bond donors (Lipinski definition) is 1. The maximum Gasteiger partial charge on any atom is 0.251 e. The first-order valence-corrected chi connectivity index (χ1v) is 13.6. The van der Waals surface area contributed by atoms with E-state index in [-0.39, 0.29) is 11.7 Å². The zero-order chi connectivity index (χ0) is 26.2. The van der Waals surface area contributed by atoms with E-state index >= 15 is 0 Å². The minimum Gasteiger partial charge on any atom is -0.351 e. The van der Waals surface area contributed by atoms with E-state index in [0.717, 1.165) is 68.9 Å². The van der Waals surface area contributed by atoms with Crippen molar-refractivity contribution in [3.8, 4) is 0 Å². The second-order valence-electron chi connectivity index (χ2n) is 9.10. The van der Waals surface area contributed by atoms with Gasteiger partial charge in [0, 0.05) is 68.9 Å². The van der Waals surface area contributed by atoms with Crippen molar-refractivity contribution in [1.82, 2.24) is 15.1 Å². The summed E-state index contributed by atoms with van der Waals surface area (Å²) in [6.07, 6.45) is 4.26. The van der Waals surface area contributed by atoms with Gasteiger partial charge in [0.25, 0.3) is 5.91 Å². The summed E-state index contributed by atoms with van der Waals surface area (Å²) in [5, 5.41) is 4.70. The van der Waals surface area contributed by atoms with Crippen LogP contribution < -0.4 is 5.32 Å². The molecule has 5 nitrogen and oxygen atoms in total. The molecule has 2 aromatic rings. The number of unbranched alkanes of at least 4 members (excludes halogenated alkanes) is 1. The zero-order valence-electron chi connectivity index (χ0n) is 22.0. The molecule has 1 fully saturated rings. The van der Waals surface area contributed by atoms with Gasteiger partial charge in [0.05, 0.1) is 0 Å². The quantitative estimate of drug-likeness (QED) is 0.313. The van der Waals surface area contributed by atoms with E-state index < -0.39 is 0 Å². The molecule has 1 amide bonds. The van der Waals surface area contributed by atoms with Crippen LogP contribution in [0.5, 0.6) is 0 Å². The Balaban J connectivity index is 0.000000281. The van der Waals surface area contributed by atoms with Gasteiger partial charge in [-0.2, -0.15) is 0 Å². The lowest BCUT2D eigenvalue weighted by atomic mass is 10.1. The molecule has 0 radical (unpaired) electrons. The van der Waals surface area contributed by atoms with Crippen LogP contribution in [0.1, 0.15) is 48.2 Å². The average Bonchev–Trinajstić information content (AvgIpc) is 2.89. The summed E-state index contributed by atoms with van der Waals surface area (Å²) in [6, 6.07) is 14.5. The number of carbonyl (C=O) groups excluding carboxylic acids is 1. The predicted molar refractivity (Wildman–Crippen MR) is 152 cm³/mol. The van der Waals surface area contributed by atoms with Gasteiger partial charge in [0.2, 0.25) is 0 Å². The van der Waals surface area contributed by atoms with Gasteiger partial charge >= 0.3 is 0 Å². The first kappa shape index (κ1) is 29.7. The average molecular weight is 513 g/mol. The first-order valence-electron chi connectivity index (χ1n) is 12.7. The molecule has 0 saturated carbocycles. The number of nitrogens with zero attached hydrogens (tertiary/aromatic N) is 3. The van der Waals surface area contributed by atoms with E-state index in [1.165, 1.54) is 42.5 Å². The third kappa shape index (κ3) is 12.0. The number of halogens is 1. The highest BCUT2D eigenvalue weighted by molar-refractivity contribution is 8.01. The molecule has 1 N–H and O–H groups in total. The lowest BCUT2D eigenvalue weighted by molar-refractivity contribution is 0.0941. The van der Waals surface area contributed by atoms with Gasteiger partial charge in [-0.25, -0.2) is 8.79 Å². The summed E-state index contributed by atoms with van der Waals surface area (Å²) in [4.78, 5) is 16.9. The van der Waals surface area contributed by atoms with Crippen molar-refractivity contribution in [2.24, 2.45) is 4.40 Å². The molecule has 0 aromatic heterocycles. The number of benzene rings is 2. The fraction of sp³-hybridized carbons (Fsp3) is 0.448. The third-order valence-electron chi connectivity index (χ3n) is 6.00. The topological polar surface area (TPSA) is 47.9 Å². The van der Waals surface area contributed by atoms with Crippen LogP contribution >= 0.6 is 11.9 Å². The number of carbonyl (C=O) groups is 1. The summed E-state index contributed by atoms with van der Waals surface area (Å²) < 4.78 is 16.8. The maximum atomic E-state index is 12.6. The van der Waals surface area contributed by atoms with Crippen molar-refractivity contribution in [3.63, 3.8) is 0 Å². The Bertz CT molecular complexity index is 939. The molecule has 196 valence electrons. The number of nitrogens with one attached hydrogen (secondary N) is 1. The van der Waals surface area contributed by atoms with E-state index in [4.69, 9.17) is 0 Å². The molecule has 1 aliphatic heterocycles. The normalized spacial score (nSPS) is 14.6. The van der Waals surface area contributed by atoms with Crippen LogP contribution in [0.4, 0.5) is 4.39 Å². The Morgan fingerprint density at radius 3 is 2.33 bits per heavy atom. The highest BCUT2D eigenvalue weighted by Crippen LogP contribution is 2.09. The zero-order valence-corrected chi connectivity index (χ0v) is 22.8. The van der Waals surface area contributed by atoms with Gasteiger partial charge in [0.1, 0.15) is 5.82 Å². The third-order valence-corrected chi connectivity index (χ3v) is 6.57. The summed E-state index contributed by atoms with van der Waals surface area (Å²) in [5.41, 5.74) is 4.15. The predicted octanol–water partition coefficient (Wildman–Crippen LogP) is 5.63. The second-order valence-corrected chi connectivity index (χ2v) is 9.83. The minimum absolute atomic E-state index is 0.0381. The Hall–Kier alpha value is -2.48. The minimum atomic E-state index is -0.205. The maximum absolute atomic E-state index is 12.6. The molecule has 3 rings (SSSR count). The molecule has 0 unspecified atom stereocenters. The van der Waals surface area contributed by atoms with Gasteiger partial charge in [0.15, 0.2) is 0 Å². The van der Waals surface area contributed by atoms with Crippen molar-refractivity contribution < 1.29 is 9.18 Å². The van der Waals surface area contributed by atoms with Gasteiger partial charge in [-0.05, 0) is 67.6 Å². The lowest BCUT2D eigenvalue weighted by Gasteiger charge is -2.32. The van der Waals surface area contributed by atoms with Crippen LogP contribution in [-0.2, 0) is 12.8 Å². The molecular formula is C29H41FN4OS. The Labute approximate surface area is 221 Å². The van der Waals surface area contributed by atoms with Crippen molar-refractivity contribution in [2.75, 3.05) is 46.3 Å². The molecule has 1 heterocycles. The molecule has 0 spiro atoms. The second kappa shape index (κ2) is 17.1. The van der Waals surface area contributed by atoms with Crippen LogP contribution in [-0.4, -0.2) is 67.7 Å². The van der Waals surface area contributed by atoms with Crippen molar-refractivity contribution >= 4 is 23.6 Å². The monoisotopic (exact) mass is 512 g/mol. The molecule has 1 saturated heterocycles. The van der Waals surface area contributed by atoms with E-state index in [2.05, 4.69) is 52.2 Å². The van der Waals surface area contributed by atoms with Crippen molar-refractivity contribution in [3.05, 3.63) is 83.0 Å². The van der Waals surface area contributed by atoms with E-state index in [1.807, 2.05) is 19.1 Å². The summed E-state index contributed by atoms with van der Waals surface area (Å²) in [5.74, 6) is -0.167. The Morgan fingerprint density at radius 1 is 1.08 bits per heavy atom. The molecule has 0 bridgehead atoms. The van der Waals surface area contributed by atoms with E-state index in [0.29, 0.717) is 0 Å². The fourth-order valence-electron chi connectivity index (χ4n) is 3.76. The highest BCUT2D eigenvalue weighted by atomic mass is 32.2. The SMILES string of the molecule is C=CS/N=C(\C)Cc1ccc(F)cc1.CCCCc1ccc(C(=O)NCCN2CCN(C)CC2)cc1. The summed E-state index contributed by atoms with van der Waals surface area (Å²) in [6.45, 7) is 13.8. The largest absolute Gasteiger partial charge is 0.351 e. The number of likely N-dealkylation sites (N-methyl/N-ethyl adjacent to an activating group) is 1. The van der Waals surface area contributed by atoms with Crippen LogP contribution in [0.15, 0.2) is 64.9 Å². The molecular weight excluding hydrogens is 471 g/mol. The summed E-state index contributed by atoms with van der Waals surface area (Å²) >= 11 is 1.32. The molecule has 36 heavy (non-hydrogen) atoms. The van der Waals surface area contributed by atoms with Crippen LogP contribution in [0.3, 0.4) is 0 Å². The highest BCUT2D eigenvalue weighted by Gasteiger charge is 2.13. The number of rotatable bonds is 11. The van der Waals surface area contributed by atoms with Crippen LogP contribution in [0.25, 0.3) is 0 Å². The van der Waals surface area contributed by atoms with Crippen LogP contribution in [0.2, 0.25) is 0 Å². The van der Waals surface area contributed by atoms with E-state index in [1.54, 1.807) is 17.5 Å². The number of piperazine rings is 1. The van der Waals surface area contributed by atoms with Gasteiger partial charge in [-0.1, -0.05) is 44.2 Å². The number of amides is 1. The first-order chi connectivity index (χ1) is 17.4. The molecule has 2 aromatic carbocycles. The van der Waals surface area contributed by atoms with E-state index in [9.17, 15) is 9.18 Å². The number of aryl methyl sites for hydroxylation is 1.